The molecule has 2 heterocycles. The second-order valence-electron chi connectivity index (χ2n) is 7.67. The van der Waals surface area contributed by atoms with E-state index in [0.717, 1.165) is 43.3 Å². The summed E-state index contributed by atoms with van der Waals surface area (Å²) in [6, 6.07) is 10.8. The molecule has 0 saturated carbocycles. The van der Waals surface area contributed by atoms with Crippen molar-refractivity contribution in [1.29, 1.82) is 0 Å². The van der Waals surface area contributed by atoms with Gasteiger partial charge in [-0.05, 0) is 36.7 Å². The van der Waals surface area contributed by atoms with Gasteiger partial charge in [0.05, 0.1) is 6.42 Å². The van der Waals surface area contributed by atoms with Gasteiger partial charge in [-0.2, -0.15) is 0 Å². The Balaban J connectivity index is 1.49. The fourth-order valence-corrected chi connectivity index (χ4v) is 4.37. The minimum absolute atomic E-state index is 0.287. The predicted octanol–water partition coefficient (Wildman–Crippen LogP) is 3.20. The van der Waals surface area contributed by atoms with Crippen LogP contribution in [0.1, 0.15) is 38.7 Å². The SMILES string of the molecule is C[C@H]1C[C@H](C)CN(C2CCN(C(=O)Cc3ccccc3)CC2)C1. The van der Waals surface area contributed by atoms with Gasteiger partial charge >= 0.3 is 0 Å². The highest BCUT2D eigenvalue weighted by Gasteiger charge is 2.31. The summed E-state index contributed by atoms with van der Waals surface area (Å²) < 4.78 is 0. The summed E-state index contributed by atoms with van der Waals surface area (Å²) in [5.74, 6) is 1.92. The zero-order valence-electron chi connectivity index (χ0n) is 14.6. The van der Waals surface area contributed by atoms with Gasteiger partial charge in [0, 0.05) is 32.2 Å². The van der Waals surface area contributed by atoms with Crippen LogP contribution in [-0.4, -0.2) is 47.9 Å². The molecule has 0 N–H and O–H groups in total. The van der Waals surface area contributed by atoms with E-state index in [1.54, 1.807) is 0 Å². The smallest absolute Gasteiger partial charge is 0.226 e. The lowest BCUT2D eigenvalue weighted by Gasteiger charge is -2.43. The standard InChI is InChI=1S/C20H30N2O/c1-16-12-17(2)15-22(14-16)19-8-10-21(11-9-19)20(23)13-18-6-4-3-5-7-18/h3-7,16-17,19H,8-15H2,1-2H3/t16-,17-/m0/s1. The van der Waals surface area contributed by atoms with Gasteiger partial charge in [-0.15, -0.1) is 0 Å². The number of benzene rings is 1. The summed E-state index contributed by atoms with van der Waals surface area (Å²) >= 11 is 0. The average Bonchev–Trinajstić information content (AvgIpc) is 2.55. The lowest BCUT2D eigenvalue weighted by molar-refractivity contribution is -0.132. The third-order valence-electron chi connectivity index (χ3n) is 5.43. The quantitative estimate of drug-likeness (QED) is 0.855. The molecule has 3 rings (SSSR count). The highest BCUT2D eigenvalue weighted by Crippen LogP contribution is 2.26. The molecule has 0 aliphatic carbocycles. The van der Waals surface area contributed by atoms with Gasteiger partial charge in [-0.3, -0.25) is 9.69 Å². The first-order valence-corrected chi connectivity index (χ1v) is 9.17. The van der Waals surface area contributed by atoms with E-state index >= 15 is 0 Å². The van der Waals surface area contributed by atoms with Crippen molar-refractivity contribution in [2.45, 2.75) is 45.6 Å². The molecule has 1 aromatic rings. The Morgan fingerprint density at radius 1 is 1.04 bits per heavy atom. The van der Waals surface area contributed by atoms with Crippen LogP contribution in [0.5, 0.6) is 0 Å². The fraction of sp³-hybridized carbons (Fsp3) is 0.650. The van der Waals surface area contributed by atoms with Crippen molar-refractivity contribution in [1.82, 2.24) is 9.80 Å². The minimum Gasteiger partial charge on any atom is -0.342 e. The molecule has 2 aliphatic rings. The van der Waals surface area contributed by atoms with Gasteiger partial charge in [-0.25, -0.2) is 0 Å². The van der Waals surface area contributed by atoms with Gasteiger partial charge in [0.25, 0.3) is 0 Å². The lowest BCUT2D eigenvalue weighted by Crippen LogP contribution is -2.51. The van der Waals surface area contributed by atoms with Crippen LogP contribution >= 0.6 is 0 Å². The molecule has 126 valence electrons. The summed E-state index contributed by atoms with van der Waals surface area (Å²) in [4.78, 5) is 17.2. The van der Waals surface area contributed by atoms with Gasteiger partial charge in [0.1, 0.15) is 0 Å². The number of carbonyl (C=O) groups excluding carboxylic acids is 1. The summed E-state index contributed by atoms with van der Waals surface area (Å²) in [6.07, 6.45) is 4.19. The Bertz CT molecular complexity index is 498. The van der Waals surface area contributed by atoms with E-state index in [-0.39, 0.29) is 5.91 Å². The molecule has 3 nitrogen and oxygen atoms in total. The van der Waals surface area contributed by atoms with Gasteiger partial charge in [-0.1, -0.05) is 44.2 Å². The maximum atomic E-state index is 12.5. The van der Waals surface area contributed by atoms with E-state index < -0.39 is 0 Å². The second kappa shape index (κ2) is 7.48. The van der Waals surface area contributed by atoms with E-state index in [4.69, 9.17) is 0 Å². The van der Waals surface area contributed by atoms with Crippen molar-refractivity contribution < 1.29 is 4.79 Å². The zero-order valence-corrected chi connectivity index (χ0v) is 14.6. The summed E-state index contributed by atoms with van der Waals surface area (Å²) in [5, 5.41) is 0. The molecule has 1 aromatic carbocycles. The third kappa shape index (κ3) is 4.35. The Labute approximate surface area is 140 Å². The molecular weight excluding hydrogens is 284 g/mol. The molecule has 23 heavy (non-hydrogen) atoms. The molecule has 2 fully saturated rings. The van der Waals surface area contributed by atoms with E-state index in [2.05, 4.69) is 23.6 Å². The normalized spacial score (nSPS) is 27.1. The predicted molar refractivity (Wildman–Crippen MR) is 94.3 cm³/mol. The number of hydrogen-bond donors (Lipinski definition) is 0. The molecular formula is C20H30N2O. The molecule has 2 saturated heterocycles. The van der Waals surface area contributed by atoms with E-state index in [1.807, 2.05) is 30.3 Å². The van der Waals surface area contributed by atoms with Crippen molar-refractivity contribution in [3.8, 4) is 0 Å². The van der Waals surface area contributed by atoms with E-state index in [1.165, 1.54) is 19.5 Å². The molecule has 0 aromatic heterocycles. The highest BCUT2D eigenvalue weighted by molar-refractivity contribution is 5.78. The van der Waals surface area contributed by atoms with Gasteiger partial charge < -0.3 is 4.90 Å². The molecule has 2 aliphatic heterocycles. The van der Waals surface area contributed by atoms with Crippen LogP contribution < -0.4 is 0 Å². The lowest BCUT2D eigenvalue weighted by atomic mass is 9.89. The van der Waals surface area contributed by atoms with Gasteiger partial charge in [0.2, 0.25) is 5.91 Å². The largest absolute Gasteiger partial charge is 0.342 e. The fourth-order valence-electron chi connectivity index (χ4n) is 4.37. The molecule has 0 bridgehead atoms. The van der Waals surface area contributed by atoms with Crippen LogP contribution in [0.25, 0.3) is 0 Å². The number of piperidine rings is 2. The minimum atomic E-state index is 0.287. The van der Waals surface area contributed by atoms with Crippen LogP contribution in [0.15, 0.2) is 30.3 Å². The molecule has 0 unspecified atom stereocenters. The molecule has 3 heteroatoms. The summed E-state index contributed by atoms with van der Waals surface area (Å²) in [5.41, 5.74) is 1.12. The summed E-state index contributed by atoms with van der Waals surface area (Å²) in [6.45, 7) is 9.09. The molecule has 0 spiro atoms. The molecule has 2 atom stereocenters. The number of nitrogens with zero attached hydrogens (tertiary/aromatic N) is 2. The monoisotopic (exact) mass is 314 g/mol. The zero-order chi connectivity index (χ0) is 16.2. The third-order valence-corrected chi connectivity index (χ3v) is 5.43. The number of carbonyl (C=O) groups is 1. The van der Waals surface area contributed by atoms with E-state index in [0.29, 0.717) is 12.5 Å². The van der Waals surface area contributed by atoms with Crippen molar-refractivity contribution in [2.24, 2.45) is 11.8 Å². The van der Waals surface area contributed by atoms with Gasteiger partial charge in [0.15, 0.2) is 0 Å². The topological polar surface area (TPSA) is 23.6 Å². The summed E-state index contributed by atoms with van der Waals surface area (Å²) in [7, 11) is 0. The number of rotatable bonds is 3. The average molecular weight is 314 g/mol. The molecule has 1 amide bonds. The van der Waals surface area contributed by atoms with E-state index in [9.17, 15) is 4.79 Å². The number of likely N-dealkylation sites (tertiary alicyclic amines) is 2. The van der Waals surface area contributed by atoms with Crippen LogP contribution in [-0.2, 0) is 11.2 Å². The first-order valence-electron chi connectivity index (χ1n) is 9.17. The molecule has 0 radical (unpaired) electrons. The second-order valence-corrected chi connectivity index (χ2v) is 7.67. The number of amides is 1. The van der Waals surface area contributed by atoms with Crippen molar-refractivity contribution >= 4 is 5.91 Å². The van der Waals surface area contributed by atoms with Crippen LogP contribution in [0.4, 0.5) is 0 Å². The maximum absolute atomic E-state index is 12.5. The highest BCUT2D eigenvalue weighted by atomic mass is 16.2. The van der Waals surface area contributed by atoms with Crippen LogP contribution in [0, 0.1) is 11.8 Å². The van der Waals surface area contributed by atoms with Crippen LogP contribution in [0.2, 0.25) is 0 Å². The first-order chi connectivity index (χ1) is 11.1. The van der Waals surface area contributed by atoms with Crippen molar-refractivity contribution in [3.05, 3.63) is 35.9 Å². The van der Waals surface area contributed by atoms with Crippen molar-refractivity contribution in [3.63, 3.8) is 0 Å². The Morgan fingerprint density at radius 2 is 1.65 bits per heavy atom. The first kappa shape index (κ1) is 16.5. The Hall–Kier alpha value is -1.35. The Kier molecular flexibility index (Phi) is 5.37. The Morgan fingerprint density at radius 3 is 2.26 bits per heavy atom. The van der Waals surface area contributed by atoms with Crippen LogP contribution in [0.3, 0.4) is 0 Å². The maximum Gasteiger partial charge on any atom is 0.226 e. The number of hydrogen-bond acceptors (Lipinski definition) is 2. The van der Waals surface area contributed by atoms with Crippen molar-refractivity contribution in [2.75, 3.05) is 26.2 Å².